The highest BCUT2D eigenvalue weighted by atomic mass is 16.3. The summed E-state index contributed by atoms with van der Waals surface area (Å²) in [6, 6.07) is -4.82. The van der Waals surface area contributed by atoms with E-state index in [-0.39, 0.29) is 55.9 Å². The van der Waals surface area contributed by atoms with E-state index in [1.807, 2.05) is 39.8 Å². The van der Waals surface area contributed by atoms with Crippen LogP contribution in [0.5, 0.6) is 0 Å². The van der Waals surface area contributed by atoms with Crippen LogP contribution in [0.1, 0.15) is 120 Å². The van der Waals surface area contributed by atoms with Gasteiger partial charge in [-0.1, -0.05) is 80.4 Å². The minimum atomic E-state index is -1.38. The van der Waals surface area contributed by atoms with E-state index in [1.54, 1.807) is 20.8 Å². The zero-order chi connectivity index (χ0) is 40.7. The highest BCUT2D eigenvalue weighted by Gasteiger charge is 2.44. The number of carbonyl (C=O) groups excluding carboxylic acids is 7. The first kappa shape index (κ1) is 49.3. The number of nitrogens with zero attached hydrogens (tertiary/aromatic N) is 2. The molecule has 304 valence electrons. The molecule has 0 aromatic carbocycles. The second-order valence-electron chi connectivity index (χ2n) is 14.8. The van der Waals surface area contributed by atoms with Crippen molar-refractivity contribution in [2.45, 2.75) is 144 Å². The number of nitrogens with two attached hydrogens (primary N) is 2. The van der Waals surface area contributed by atoms with Gasteiger partial charge in [0.05, 0.1) is 38.3 Å². The Morgan fingerprint density at radius 3 is 1.81 bits per heavy atom. The molecule has 8 N–H and O–H groups in total. The molecule has 0 bridgehead atoms. The first-order valence-corrected chi connectivity index (χ1v) is 19.2. The fourth-order valence-electron chi connectivity index (χ4n) is 5.72. The lowest BCUT2D eigenvalue weighted by molar-refractivity contribution is -0.163. The molecule has 15 heteroatoms. The van der Waals surface area contributed by atoms with E-state index in [1.165, 1.54) is 4.90 Å². The molecule has 0 aromatic rings. The highest BCUT2D eigenvalue weighted by Crippen LogP contribution is 2.23. The first-order chi connectivity index (χ1) is 24.9. The Balaban J connectivity index is 6.15. The maximum Gasteiger partial charge on any atom is 0.258 e. The molecule has 0 aromatic heterocycles. The Bertz CT molecular complexity index is 1210. The van der Waals surface area contributed by atoms with Gasteiger partial charge in [0.25, 0.3) is 17.7 Å². The molecule has 0 saturated carbocycles. The van der Waals surface area contributed by atoms with Gasteiger partial charge in [-0.15, -0.1) is 0 Å². The number of aliphatic hydroxyl groups is 1. The zero-order valence-electron chi connectivity index (χ0n) is 33.4. The Morgan fingerprint density at radius 2 is 1.28 bits per heavy atom. The van der Waals surface area contributed by atoms with Crippen molar-refractivity contribution in [3.63, 3.8) is 0 Å². The normalized spacial score (nSPS) is 13.8. The van der Waals surface area contributed by atoms with Gasteiger partial charge in [0, 0.05) is 6.42 Å². The number of amides is 7. The Hall–Kier alpha value is -3.69. The highest BCUT2D eigenvalue weighted by molar-refractivity contribution is 6.15. The SMILES string of the molecule is CCCCCC=CCCC(=O)NCC(=O)NCC(=O)N[C@@H](CC(C)C)C(=O)N(C(=O)C(N)CC)C(=O)[C@H](CC(C)C)N(C(=O)CN)C(CO)CC(C)C. The van der Waals surface area contributed by atoms with Gasteiger partial charge in [0.2, 0.25) is 23.6 Å². The van der Waals surface area contributed by atoms with Crippen LogP contribution in [0.25, 0.3) is 0 Å². The van der Waals surface area contributed by atoms with Crippen LogP contribution in [0.15, 0.2) is 12.2 Å². The fraction of sp³-hybridized carbons (Fsp3) is 0.763. The summed E-state index contributed by atoms with van der Waals surface area (Å²) < 4.78 is 0. The number of hydrogen-bond donors (Lipinski definition) is 6. The third kappa shape index (κ3) is 19.3. The predicted molar refractivity (Wildman–Crippen MR) is 205 cm³/mol. The van der Waals surface area contributed by atoms with Gasteiger partial charge < -0.3 is 37.4 Å². The van der Waals surface area contributed by atoms with E-state index in [0.717, 1.165) is 25.7 Å². The molecule has 0 saturated heterocycles. The second kappa shape index (κ2) is 27.0. The van der Waals surface area contributed by atoms with Gasteiger partial charge in [-0.3, -0.25) is 33.6 Å². The molecule has 0 fully saturated rings. The zero-order valence-corrected chi connectivity index (χ0v) is 33.4. The van der Waals surface area contributed by atoms with E-state index in [2.05, 4.69) is 22.9 Å². The van der Waals surface area contributed by atoms with Crippen molar-refractivity contribution >= 4 is 41.4 Å². The Labute approximate surface area is 316 Å². The topological polar surface area (TPSA) is 234 Å². The average molecular weight is 752 g/mol. The molecular formula is C38H69N7O8. The Kier molecular flexibility index (Phi) is 25.1. The first-order valence-electron chi connectivity index (χ1n) is 19.2. The number of imide groups is 3. The van der Waals surface area contributed by atoms with Crippen molar-refractivity contribution < 1.29 is 38.7 Å². The van der Waals surface area contributed by atoms with Crippen molar-refractivity contribution in [1.29, 1.82) is 0 Å². The monoisotopic (exact) mass is 752 g/mol. The number of allylic oxidation sites excluding steroid dienone is 2. The van der Waals surface area contributed by atoms with Crippen LogP contribution in [0.4, 0.5) is 0 Å². The summed E-state index contributed by atoms with van der Waals surface area (Å²) in [6.07, 6.45) is 9.53. The number of hydrogen-bond acceptors (Lipinski definition) is 10. The van der Waals surface area contributed by atoms with Gasteiger partial charge in [-0.2, -0.15) is 0 Å². The molecule has 15 nitrogen and oxygen atoms in total. The van der Waals surface area contributed by atoms with Crippen LogP contribution >= 0.6 is 0 Å². The molecule has 0 aliphatic rings. The molecule has 0 heterocycles. The maximum atomic E-state index is 14.5. The van der Waals surface area contributed by atoms with Gasteiger partial charge in [0.1, 0.15) is 12.1 Å². The molecule has 0 aliphatic carbocycles. The molecule has 4 atom stereocenters. The fourth-order valence-corrected chi connectivity index (χ4v) is 5.72. The molecule has 53 heavy (non-hydrogen) atoms. The minimum Gasteiger partial charge on any atom is -0.394 e. The summed E-state index contributed by atoms with van der Waals surface area (Å²) in [4.78, 5) is 95.1. The van der Waals surface area contributed by atoms with E-state index >= 15 is 0 Å². The lowest BCUT2D eigenvalue weighted by Crippen LogP contribution is -2.63. The van der Waals surface area contributed by atoms with E-state index in [0.29, 0.717) is 17.7 Å². The number of rotatable bonds is 26. The number of aliphatic hydroxyl groups excluding tert-OH is 1. The lowest BCUT2D eigenvalue weighted by Gasteiger charge is -2.40. The lowest BCUT2D eigenvalue weighted by atomic mass is 9.95. The van der Waals surface area contributed by atoms with E-state index in [4.69, 9.17) is 11.5 Å². The minimum absolute atomic E-state index is 0.0117. The van der Waals surface area contributed by atoms with Crippen molar-refractivity contribution in [2.75, 3.05) is 26.2 Å². The summed E-state index contributed by atoms with van der Waals surface area (Å²) in [6.45, 7) is 12.8. The summed E-state index contributed by atoms with van der Waals surface area (Å²) in [5.74, 6) is -5.79. The average Bonchev–Trinajstić information content (AvgIpc) is 3.10. The predicted octanol–water partition coefficient (Wildman–Crippen LogP) is 1.89. The summed E-state index contributed by atoms with van der Waals surface area (Å²) in [5, 5.41) is 17.8. The van der Waals surface area contributed by atoms with Gasteiger partial charge in [-0.25, -0.2) is 4.90 Å². The van der Waals surface area contributed by atoms with E-state index in [9.17, 15) is 38.7 Å². The molecule has 7 amide bonds. The molecule has 0 aliphatic heterocycles. The third-order valence-corrected chi connectivity index (χ3v) is 8.46. The number of nitrogens with one attached hydrogen (secondary N) is 3. The van der Waals surface area contributed by atoms with Gasteiger partial charge >= 0.3 is 0 Å². The second-order valence-corrected chi connectivity index (χ2v) is 14.8. The molecule has 2 unspecified atom stereocenters. The molecule has 0 spiro atoms. The van der Waals surface area contributed by atoms with Gasteiger partial charge in [-0.05, 0) is 62.7 Å². The summed E-state index contributed by atoms with van der Waals surface area (Å²) in [7, 11) is 0. The van der Waals surface area contributed by atoms with Crippen LogP contribution in [0.3, 0.4) is 0 Å². The standard InChI is InChI=1S/C38H69N7O8/c1-9-11-12-13-14-15-16-17-32(47)41-22-33(48)42-23-34(49)43-30(19-26(5)6)37(52)45(36(51)29(40)10-2)38(53)31(20-27(7)8)44(35(50)21-39)28(24-46)18-25(3)4/h14-15,25-31,46H,9-13,16-24,39-40H2,1-8H3,(H,41,47)(H,42,48)(H,43,49)/t28?,29?,30-,31-/m0/s1. The number of unbranched alkanes of at least 4 members (excludes halogenated alkanes) is 3. The summed E-state index contributed by atoms with van der Waals surface area (Å²) in [5.41, 5.74) is 11.9. The number of carbonyl (C=O) groups is 7. The van der Waals surface area contributed by atoms with Crippen molar-refractivity contribution in [3.05, 3.63) is 12.2 Å². The largest absolute Gasteiger partial charge is 0.394 e. The van der Waals surface area contributed by atoms with Crippen molar-refractivity contribution in [1.82, 2.24) is 25.8 Å². The summed E-state index contributed by atoms with van der Waals surface area (Å²) >= 11 is 0. The van der Waals surface area contributed by atoms with Crippen LogP contribution < -0.4 is 27.4 Å². The van der Waals surface area contributed by atoms with Gasteiger partial charge in [0.15, 0.2) is 0 Å². The molecular weight excluding hydrogens is 682 g/mol. The van der Waals surface area contributed by atoms with Crippen LogP contribution in [0, 0.1) is 17.8 Å². The smallest absolute Gasteiger partial charge is 0.258 e. The Morgan fingerprint density at radius 1 is 0.717 bits per heavy atom. The quantitative estimate of drug-likeness (QED) is 0.0555. The third-order valence-electron chi connectivity index (χ3n) is 8.46. The van der Waals surface area contributed by atoms with Crippen LogP contribution in [0.2, 0.25) is 0 Å². The van der Waals surface area contributed by atoms with Crippen LogP contribution in [-0.2, 0) is 33.6 Å². The van der Waals surface area contributed by atoms with Crippen molar-refractivity contribution in [2.24, 2.45) is 29.2 Å². The van der Waals surface area contributed by atoms with E-state index < -0.39 is 79.3 Å². The molecule has 0 rings (SSSR count). The van der Waals surface area contributed by atoms with Crippen LogP contribution in [-0.4, -0.2) is 107 Å². The maximum absolute atomic E-state index is 14.5. The molecule has 0 radical (unpaired) electrons. The van der Waals surface area contributed by atoms with Crippen molar-refractivity contribution in [3.8, 4) is 0 Å².